The number of fused-ring (bicyclic) bond motifs is 1. The molecule has 0 unspecified atom stereocenters. The van der Waals surface area contributed by atoms with Gasteiger partial charge in [-0.2, -0.15) is 5.26 Å². The Morgan fingerprint density at radius 3 is 2.80 bits per heavy atom. The van der Waals surface area contributed by atoms with Crippen molar-refractivity contribution in [3.63, 3.8) is 0 Å². The summed E-state index contributed by atoms with van der Waals surface area (Å²) in [6.07, 6.45) is 1.93. The third-order valence-corrected chi connectivity index (χ3v) is 3.90. The number of methoxy groups -OCH3 is 1. The van der Waals surface area contributed by atoms with Gasteiger partial charge in [-0.25, -0.2) is 14.8 Å². The van der Waals surface area contributed by atoms with E-state index in [1.54, 1.807) is 6.07 Å². The molecular weight excluding hydrogens is 318 g/mol. The standard InChI is InChI=1S/C18H17N5O2/c1-23(9-3-8-19)14-6-4-12(5-7-14)16-21-15-10-13(18(24)25-2)11-20-17(15)22-16/h4-7,10-11H,3,9H2,1-2H3,(H,20,21,22). The number of nitrogens with zero attached hydrogens (tertiary/aromatic N) is 4. The van der Waals surface area contributed by atoms with Crippen LogP contribution in [0.3, 0.4) is 0 Å². The van der Waals surface area contributed by atoms with E-state index in [2.05, 4.69) is 21.0 Å². The second-order valence-electron chi connectivity index (χ2n) is 5.55. The molecule has 2 aromatic heterocycles. The number of nitrogens with one attached hydrogen (secondary N) is 1. The summed E-state index contributed by atoms with van der Waals surface area (Å²) in [5.41, 5.74) is 3.53. The van der Waals surface area contributed by atoms with Gasteiger partial charge in [-0.1, -0.05) is 0 Å². The molecule has 3 rings (SSSR count). The molecule has 1 aromatic carbocycles. The van der Waals surface area contributed by atoms with Crippen molar-refractivity contribution >= 4 is 22.8 Å². The van der Waals surface area contributed by atoms with Gasteiger partial charge in [0.1, 0.15) is 5.82 Å². The van der Waals surface area contributed by atoms with E-state index in [9.17, 15) is 4.79 Å². The highest BCUT2D eigenvalue weighted by Gasteiger charge is 2.11. The van der Waals surface area contributed by atoms with E-state index in [4.69, 9.17) is 10.00 Å². The number of carbonyl (C=O) groups excluding carboxylic acids is 1. The first-order chi connectivity index (χ1) is 12.1. The lowest BCUT2D eigenvalue weighted by Gasteiger charge is -2.17. The fourth-order valence-electron chi connectivity index (χ4n) is 2.49. The van der Waals surface area contributed by atoms with Crippen LogP contribution in [0.1, 0.15) is 16.8 Å². The maximum Gasteiger partial charge on any atom is 0.339 e. The monoisotopic (exact) mass is 335 g/mol. The number of esters is 1. The topological polar surface area (TPSA) is 94.9 Å². The van der Waals surface area contributed by atoms with Crippen LogP contribution in [0.2, 0.25) is 0 Å². The van der Waals surface area contributed by atoms with Crippen molar-refractivity contribution in [3.05, 3.63) is 42.1 Å². The van der Waals surface area contributed by atoms with Crippen molar-refractivity contribution in [1.82, 2.24) is 15.0 Å². The van der Waals surface area contributed by atoms with Gasteiger partial charge in [0.15, 0.2) is 5.65 Å². The Balaban J connectivity index is 1.86. The third-order valence-electron chi connectivity index (χ3n) is 3.90. The average Bonchev–Trinajstić information content (AvgIpc) is 3.08. The van der Waals surface area contributed by atoms with E-state index in [1.807, 2.05) is 36.2 Å². The lowest BCUT2D eigenvalue weighted by molar-refractivity contribution is 0.0600. The van der Waals surface area contributed by atoms with Crippen LogP contribution in [0.4, 0.5) is 5.69 Å². The van der Waals surface area contributed by atoms with Crippen LogP contribution in [-0.2, 0) is 4.74 Å². The first kappa shape index (κ1) is 16.5. The van der Waals surface area contributed by atoms with Crippen LogP contribution in [0.25, 0.3) is 22.6 Å². The molecule has 0 spiro atoms. The Bertz CT molecular complexity index is 940. The molecule has 0 aliphatic heterocycles. The van der Waals surface area contributed by atoms with E-state index >= 15 is 0 Å². The molecule has 126 valence electrons. The van der Waals surface area contributed by atoms with Crippen LogP contribution in [0, 0.1) is 11.3 Å². The van der Waals surface area contributed by atoms with Crippen molar-refractivity contribution in [1.29, 1.82) is 5.26 Å². The van der Waals surface area contributed by atoms with Gasteiger partial charge < -0.3 is 14.6 Å². The lowest BCUT2D eigenvalue weighted by atomic mass is 10.2. The van der Waals surface area contributed by atoms with Gasteiger partial charge in [0.2, 0.25) is 0 Å². The van der Waals surface area contributed by atoms with Crippen LogP contribution in [0.15, 0.2) is 36.5 Å². The summed E-state index contributed by atoms with van der Waals surface area (Å²) in [7, 11) is 3.28. The second-order valence-corrected chi connectivity index (χ2v) is 5.55. The Hall–Kier alpha value is -3.40. The van der Waals surface area contributed by atoms with E-state index in [0.717, 1.165) is 11.3 Å². The molecule has 0 aliphatic carbocycles. The summed E-state index contributed by atoms with van der Waals surface area (Å²) >= 11 is 0. The van der Waals surface area contributed by atoms with Gasteiger partial charge in [0, 0.05) is 31.0 Å². The number of pyridine rings is 1. The lowest BCUT2D eigenvalue weighted by Crippen LogP contribution is -2.17. The molecule has 0 radical (unpaired) electrons. The number of aromatic nitrogens is 3. The first-order valence-electron chi connectivity index (χ1n) is 7.75. The Kier molecular flexibility index (Phi) is 4.61. The fourth-order valence-corrected chi connectivity index (χ4v) is 2.49. The molecular formula is C18H17N5O2. The molecule has 0 fully saturated rings. The van der Waals surface area contributed by atoms with Gasteiger partial charge >= 0.3 is 5.97 Å². The van der Waals surface area contributed by atoms with Gasteiger partial charge in [0.25, 0.3) is 0 Å². The van der Waals surface area contributed by atoms with Crippen molar-refractivity contribution in [2.75, 3.05) is 25.6 Å². The number of aromatic amines is 1. The molecule has 1 N–H and O–H groups in total. The Morgan fingerprint density at radius 1 is 1.36 bits per heavy atom. The van der Waals surface area contributed by atoms with Crippen LogP contribution in [-0.4, -0.2) is 41.6 Å². The van der Waals surface area contributed by atoms with Gasteiger partial charge in [-0.15, -0.1) is 0 Å². The number of hydrogen-bond donors (Lipinski definition) is 1. The van der Waals surface area contributed by atoms with Gasteiger partial charge in [0.05, 0.1) is 30.7 Å². The van der Waals surface area contributed by atoms with Gasteiger partial charge in [-0.05, 0) is 30.3 Å². The van der Waals surface area contributed by atoms with E-state index in [1.165, 1.54) is 13.3 Å². The summed E-state index contributed by atoms with van der Waals surface area (Å²) in [6.45, 7) is 0.681. The van der Waals surface area contributed by atoms with Crippen LogP contribution >= 0.6 is 0 Å². The number of benzene rings is 1. The number of H-pyrrole nitrogens is 1. The maximum absolute atomic E-state index is 11.6. The highest BCUT2D eigenvalue weighted by molar-refractivity contribution is 5.92. The number of carbonyl (C=O) groups is 1. The number of rotatable bonds is 5. The number of hydrogen-bond acceptors (Lipinski definition) is 6. The zero-order valence-electron chi connectivity index (χ0n) is 14.0. The molecule has 7 nitrogen and oxygen atoms in total. The highest BCUT2D eigenvalue weighted by atomic mass is 16.5. The number of anilines is 1. The second kappa shape index (κ2) is 7.01. The molecule has 25 heavy (non-hydrogen) atoms. The molecule has 0 saturated carbocycles. The SMILES string of the molecule is COC(=O)c1cnc2nc(-c3ccc(N(C)CCC#N)cc3)[nH]c2c1. The molecule has 0 amide bonds. The molecule has 7 heteroatoms. The molecule has 0 atom stereocenters. The van der Waals surface area contributed by atoms with Crippen molar-refractivity contribution in [3.8, 4) is 17.5 Å². The van der Waals surface area contributed by atoms with E-state index in [-0.39, 0.29) is 0 Å². The minimum absolute atomic E-state index is 0.375. The van der Waals surface area contributed by atoms with Gasteiger partial charge in [-0.3, -0.25) is 0 Å². The molecule has 0 saturated heterocycles. The minimum atomic E-state index is -0.435. The fraction of sp³-hybridized carbons (Fsp3) is 0.222. The average molecular weight is 335 g/mol. The third kappa shape index (κ3) is 3.43. The first-order valence-corrected chi connectivity index (χ1v) is 7.75. The molecule has 0 aliphatic rings. The molecule has 0 bridgehead atoms. The normalized spacial score (nSPS) is 10.4. The smallest absolute Gasteiger partial charge is 0.339 e. The Labute approximate surface area is 144 Å². The summed E-state index contributed by atoms with van der Waals surface area (Å²) in [5.74, 6) is 0.242. The van der Waals surface area contributed by atoms with E-state index < -0.39 is 5.97 Å². The largest absolute Gasteiger partial charge is 0.465 e. The predicted octanol–water partition coefficient (Wildman–Crippen LogP) is 2.76. The summed E-state index contributed by atoms with van der Waals surface area (Å²) in [6, 6.07) is 11.7. The van der Waals surface area contributed by atoms with Crippen LogP contribution < -0.4 is 4.90 Å². The number of imidazole rings is 1. The van der Waals surface area contributed by atoms with E-state index in [0.29, 0.717) is 35.5 Å². The van der Waals surface area contributed by atoms with Crippen molar-refractivity contribution < 1.29 is 9.53 Å². The number of nitriles is 1. The quantitative estimate of drug-likeness (QED) is 0.720. The minimum Gasteiger partial charge on any atom is -0.465 e. The summed E-state index contributed by atoms with van der Waals surface area (Å²) < 4.78 is 4.70. The molecule has 3 aromatic rings. The zero-order chi connectivity index (χ0) is 17.8. The number of ether oxygens (including phenoxy) is 1. The predicted molar refractivity (Wildman–Crippen MR) is 94.2 cm³/mol. The summed E-state index contributed by atoms with van der Waals surface area (Å²) in [5, 5.41) is 8.67. The maximum atomic E-state index is 11.6. The molecule has 2 heterocycles. The van der Waals surface area contributed by atoms with Crippen molar-refractivity contribution in [2.45, 2.75) is 6.42 Å². The van der Waals surface area contributed by atoms with Crippen LogP contribution in [0.5, 0.6) is 0 Å². The zero-order valence-corrected chi connectivity index (χ0v) is 14.0. The van der Waals surface area contributed by atoms with Crippen molar-refractivity contribution in [2.24, 2.45) is 0 Å². The Morgan fingerprint density at radius 2 is 2.12 bits per heavy atom. The highest BCUT2D eigenvalue weighted by Crippen LogP contribution is 2.23. The summed E-state index contributed by atoms with van der Waals surface area (Å²) in [4.78, 5) is 25.4.